The van der Waals surface area contributed by atoms with Crippen LogP contribution in [0.4, 0.5) is 4.79 Å². The summed E-state index contributed by atoms with van der Waals surface area (Å²) in [5.74, 6) is -0.808. The number of alkyl carbamates (subject to hydrolysis) is 1. The second-order valence-electron chi connectivity index (χ2n) is 9.36. The molecule has 1 atom stereocenters. The molecule has 0 unspecified atom stereocenters. The Morgan fingerprint density at radius 1 is 1.03 bits per heavy atom. The van der Waals surface area contributed by atoms with Crippen LogP contribution in [0.3, 0.4) is 0 Å². The Labute approximate surface area is 199 Å². The van der Waals surface area contributed by atoms with Gasteiger partial charge in [-0.3, -0.25) is 9.59 Å². The van der Waals surface area contributed by atoms with Crippen LogP contribution in [-0.2, 0) is 14.3 Å². The van der Waals surface area contributed by atoms with Crippen molar-refractivity contribution < 1.29 is 24.2 Å². The monoisotopic (exact) mass is 464 g/mol. The Morgan fingerprint density at radius 2 is 1.65 bits per heavy atom. The Bertz CT molecular complexity index is 1000. The van der Waals surface area contributed by atoms with Crippen LogP contribution >= 0.6 is 0 Å². The van der Waals surface area contributed by atoms with Crippen LogP contribution in [0.1, 0.15) is 62.5 Å². The molecule has 0 radical (unpaired) electrons. The van der Waals surface area contributed by atoms with Crippen molar-refractivity contribution in [1.29, 1.82) is 0 Å². The molecule has 0 aromatic heterocycles. The summed E-state index contributed by atoms with van der Waals surface area (Å²) >= 11 is 0. The van der Waals surface area contributed by atoms with Gasteiger partial charge in [0.15, 0.2) is 0 Å². The van der Waals surface area contributed by atoms with E-state index < -0.39 is 12.1 Å². The molecule has 2 aromatic rings. The Hall–Kier alpha value is -3.35. The molecule has 34 heavy (non-hydrogen) atoms. The number of hydrogen-bond donors (Lipinski definition) is 3. The molecule has 1 saturated carbocycles. The predicted molar refractivity (Wildman–Crippen MR) is 128 cm³/mol. The minimum atomic E-state index is -0.801. The third-order valence-corrected chi connectivity index (χ3v) is 6.80. The van der Waals surface area contributed by atoms with Crippen molar-refractivity contribution in [2.75, 3.05) is 6.61 Å². The highest BCUT2D eigenvalue weighted by molar-refractivity contribution is 5.80. The maximum absolute atomic E-state index is 12.6. The van der Waals surface area contributed by atoms with Gasteiger partial charge in [-0.05, 0) is 47.4 Å². The number of carboxylic acid groups (broad SMARTS) is 1. The van der Waals surface area contributed by atoms with Gasteiger partial charge in [0, 0.05) is 30.8 Å². The summed E-state index contributed by atoms with van der Waals surface area (Å²) < 4.78 is 5.63. The average Bonchev–Trinajstić information content (AvgIpc) is 3.10. The number of carbonyl (C=O) groups is 3. The number of benzene rings is 2. The van der Waals surface area contributed by atoms with E-state index in [1.165, 1.54) is 11.1 Å². The van der Waals surface area contributed by atoms with Crippen molar-refractivity contribution in [1.82, 2.24) is 10.6 Å². The van der Waals surface area contributed by atoms with E-state index in [1.54, 1.807) is 0 Å². The molecule has 0 spiro atoms. The van der Waals surface area contributed by atoms with Crippen LogP contribution in [0.25, 0.3) is 11.1 Å². The fraction of sp³-hybridized carbons (Fsp3) is 0.444. The highest BCUT2D eigenvalue weighted by Gasteiger charge is 2.32. The molecule has 0 heterocycles. The van der Waals surface area contributed by atoms with E-state index in [9.17, 15) is 14.4 Å². The Kier molecular flexibility index (Phi) is 7.50. The van der Waals surface area contributed by atoms with E-state index in [-0.39, 0.29) is 49.3 Å². The third-order valence-electron chi connectivity index (χ3n) is 6.80. The number of amides is 2. The highest BCUT2D eigenvalue weighted by atomic mass is 16.5. The lowest BCUT2D eigenvalue weighted by molar-refractivity contribution is -0.139. The van der Waals surface area contributed by atoms with Gasteiger partial charge in [-0.25, -0.2) is 4.79 Å². The van der Waals surface area contributed by atoms with Crippen LogP contribution in [0, 0.1) is 5.92 Å². The van der Waals surface area contributed by atoms with E-state index in [0.29, 0.717) is 19.3 Å². The number of hydrogen-bond acceptors (Lipinski definition) is 4. The standard InChI is InChI=1S/C27H32N2O5/c1-2-7-18(15-25(30)28-19-12-17(13-19)14-26(31)32)29-27(33)34-16-24-22-10-5-3-8-20(22)21-9-4-6-11-23(21)24/h3-6,8-11,17-19,24H,2,7,12-16H2,1H3,(H,28,30)(H,29,33)(H,31,32)/t17?,18-,19?/m1/s1. The zero-order chi connectivity index (χ0) is 24.1. The maximum atomic E-state index is 12.6. The van der Waals surface area contributed by atoms with E-state index in [4.69, 9.17) is 9.84 Å². The van der Waals surface area contributed by atoms with Gasteiger partial charge in [-0.2, -0.15) is 0 Å². The molecule has 2 aromatic carbocycles. The van der Waals surface area contributed by atoms with Gasteiger partial charge in [-0.15, -0.1) is 0 Å². The highest BCUT2D eigenvalue weighted by Crippen LogP contribution is 2.44. The van der Waals surface area contributed by atoms with Crippen molar-refractivity contribution in [3.63, 3.8) is 0 Å². The zero-order valence-electron chi connectivity index (χ0n) is 19.5. The van der Waals surface area contributed by atoms with Crippen molar-refractivity contribution in [2.24, 2.45) is 5.92 Å². The molecular weight excluding hydrogens is 432 g/mol. The maximum Gasteiger partial charge on any atom is 0.407 e. The fourth-order valence-electron chi connectivity index (χ4n) is 5.16. The molecule has 2 aliphatic carbocycles. The molecule has 180 valence electrons. The number of carboxylic acids is 1. The fourth-order valence-corrected chi connectivity index (χ4v) is 5.16. The summed E-state index contributed by atoms with van der Waals surface area (Å²) in [6, 6.07) is 16.1. The first kappa shape index (κ1) is 23.8. The number of aliphatic carboxylic acids is 1. The largest absolute Gasteiger partial charge is 0.481 e. The van der Waals surface area contributed by atoms with E-state index in [1.807, 2.05) is 31.2 Å². The average molecular weight is 465 g/mol. The predicted octanol–water partition coefficient (Wildman–Crippen LogP) is 4.45. The van der Waals surface area contributed by atoms with Gasteiger partial charge < -0.3 is 20.5 Å². The summed E-state index contributed by atoms with van der Waals surface area (Å²) in [4.78, 5) is 35.8. The molecule has 4 rings (SSSR count). The molecule has 7 nitrogen and oxygen atoms in total. The quantitative estimate of drug-likeness (QED) is 0.482. The van der Waals surface area contributed by atoms with E-state index in [2.05, 4.69) is 34.9 Å². The van der Waals surface area contributed by atoms with Crippen LogP contribution in [0.5, 0.6) is 0 Å². The normalized spacial score (nSPS) is 19.3. The number of nitrogens with one attached hydrogen (secondary N) is 2. The van der Waals surface area contributed by atoms with Crippen LogP contribution in [0.2, 0.25) is 0 Å². The first-order valence-corrected chi connectivity index (χ1v) is 12.1. The second-order valence-corrected chi connectivity index (χ2v) is 9.36. The number of ether oxygens (including phenoxy) is 1. The lowest BCUT2D eigenvalue weighted by atomic mass is 9.78. The van der Waals surface area contributed by atoms with E-state index >= 15 is 0 Å². The number of carbonyl (C=O) groups excluding carboxylic acids is 2. The lowest BCUT2D eigenvalue weighted by Crippen LogP contribution is -2.47. The van der Waals surface area contributed by atoms with E-state index in [0.717, 1.165) is 17.5 Å². The van der Waals surface area contributed by atoms with Gasteiger partial charge in [-0.1, -0.05) is 61.9 Å². The molecule has 2 amide bonds. The molecule has 2 aliphatic rings. The zero-order valence-corrected chi connectivity index (χ0v) is 19.5. The van der Waals surface area contributed by atoms with Crippen molar-refractivity contribution in [2.45, 2.75) is 63.5 Å². The second kappa shape index (κ2) is 10.7. The van der Waals surface area contributed by atoms with Gasteiger partial charge in [0.2, 0.25) is 5.91 Å². The first-order valence-electron chi connectivity index (χ1n) is 12.1. The summed E-state index contributed by atoms with van der Waals surface area (Å²) in [6.07, 6.45) is 2.69. The van der Waals surface area contributed by atoms with Crippen LogP contribution < -0.4 is 10.6 Å². The van der Waals surface area contributed by atoms with Gasteiger partial charge in [0.25, 0.3) is 0 Å². The van der Waals surface area contributed by atoms with Crippen molar-refractivity contribution in [3.8, 4) is 11.1 Å². The first-order chi connectivity index (χ1) is 16.4. The minimum Gasteiger partial charge on any atom is -0.481 e. The van der Waals surface area contributed by atoms with Gasteiger partial charge in [0.1, 0.15) is 6.61 Å². The third kappa shape index (κ3) is 5.58. The van der Waals surface area contributed by atoms with Gasteiger partial charge in [0.05, 0.1) is 0 Å². The molecule has 1 fully saturated rings. The Balaban J connectivity index is 1.27. The Morgan fingerprint density at radius 3 is 2.24 bits per heavy atom. The van der Waals surface area contributed by atoms with Crippen LogP contribution in [0.15, 0.2) is 48.5 Å². The molecular formula is C27H32N2O5. The van der Waals surface area contributed by atoms with Crippen molar-refractivity contribution >= 4 is 18.0 Å². The smallest absolute Gasteiger partial charge is 0.407 e. The molecule has 0 aliphatic heterocycles. The summed E-state index contributed by atoms with van der Waals surface area (Å²) in [6.45, 7) is 2.24. The lowest BCUT2D eigenvalue weighted by Gasteiger charge is -2.35. The van der Waals surface area contributed by atoms with Gasteiger partial charge >= 0.3 is 12.1 Å². The molecule has 7 heteroatoms. The number of rotatable bonds is 10. The number of fused-ring (bicyclic) bond motifs is 3. The van der Waals surface area contributed by atoms with Crippen molar-refractivity contribution in [3.05, 3.63) is 59.7 Å². The minimum absolute atomic E-state index is 0.0107. The summed E-state index contributed by atoms with van der Waals surface area (Å²) in [7, 11) is 0. The van der Waals surface area contributed by atoms with Crippen LogP contribution in [-0.4, -0.2) is 41.8 Å². The summed E-state index contributed by atoms with van der Waals surface area (Å²) in [5.41, 5.74) is 4.66. The molecule has 3 N–H and O–H groups in total. The topological polar surface area (TPSA) is 105 Å². The SMILES string of the molecule is CCC[C@H](CC(=O)NC1CC(CC(=O)O)C1)NC(=O)OCC1c2ccccc2-c2ccccc21. The summed E-state index contributed by atoms with van der Waals surface area (Å²) in [5, 5.41) is 14.7. The molecule has 0 bridgehead atoms. The molecule has 0 saturated heterocycles.